The third-order valence-corrected chi connectivity index (χ3v) is 3.35. The molecule has 3 nitrogen and oxygen atoms in total. The summed E-state index contributed by atoms with van der Waals surface area (Å²) in [6.45, 7) is 8.80. The Hall–Kier alpha value is -0.220. The predicted octanol–water partition coefficient (Wildman–Crippen LogP) is 1.63. The van der Waals surface area contributed by atoms with Gasteiger partial charge in [-0.2, -0.15) is 11.8 Å². The van der Waals surface area contributed by atoms with E-state index in [0.29, 0.717) is 12.6 Å². The minimum Gasteiger partial charge on any atom is -0.352 e. The molecule has 0 heterocycles. The van der Waals surface area contributed by atoms with Gasteiger partial charge in [0.2, 0.25) is 5.91 Å². The van der Waals surface area contributed by atoms with Gasteiger partial charge in [-0.25, -0.2) is 0 Å². The van der Waals surface area contributed by atoms with Crippen LogP contribution in [0.15, 0.2) is 0 Å². The Morgan fingerprint density at radius 3 is 2.47 bits per heavy atom. The van der Waals surface area contributed by atoms with Crippen molar-refractivity contribution in [1.29, 1.82) is 0 Å². The summed E-state index contributed by atoms with van der Waals surface area (Å²) in [6, 6.07) is 0.678. The van der Waals surface area contributed by atoms with Gasteiger partial charge in [0.15, 0.2) is 0 Å². The van der Waals surface area contributed by atoms with Gasteiger partial charge >= 0.3 is 0 Å². The normalized spacial score (nSPS) is 14.7. The van der Waals surface area contributed by atoms with Gasteiger partial charge in [-0.1, -0.05) is 13.8 Å². The lowest BCUT2D eigenvalue weighted by molar-refractivity contribution is -0.120. The van der Waals surface area contributed by atoms with E-state index in [4.69, 9.17) is 0 Å². The molecule has 0 aliphatic rings. The summed E-state index contributed by atoms with van der Waals surface area (Å²) in [6.07, 6.45) is 1.05. The van der Waals surface area contributed by atoms with E-state index in [1.165, 1.54) is 0 Å². The van der Waals surface area contributed by atoms with Gasteiger partial charge in [0.1, 0.15) is 0 Å². The SMILES string of the molecule is CCSCC(C)NC(=O)CNC(C)CC. The van der Waals surface area contributed by atoms with E-state index in [1.54, 1.807) is 0 Å². The van der Waals surface area contributed by atoms with Crippen LogP contribution in [-0.4, -0.2) is 36.0 Å². The fraction of sp³-hybridized carbons (Fsp3) is 0.909. The van der Waals surface area contributed by atoms with Crippen LogP contribution < -0.4 is 10.6 Å². The molecule has 15 heavy (non-hydrogen) atoms. The first-order valence-corrected chi connectivity index (χ1v) is 6.86. The number of carbonyl (C=O) groups is 1. The molecule has 0 radical (unpaired) electrons. The van der Waals surface area contributed by atoms with Crippen LogP contribution in [0.3, 0.4) is 0 Å². The summed E-state index contributed by atoms with van der Waals surface area (Å²) in [7, 11) is 0. The number of thioether (sulfide) groups is 1. The van der Waals surface area contributed by atoms with Crippen LogP contribution in [0.25, 0.3) is 0 Å². The Labute approximate surface area is 97.8 Å². The van der Waals surface area contributed by atoms with E-state index in [0.717, 1.165) is 17.9 Å². The minimum absolute atomic E-state index is 0.0968. The molecule has 0 spiro atoms. The Morgan fingerprint density at radius 1 is 1.27 bits per heavy atom. The van der Waals surface area contributed by atoms with E-state index < -0.39 is 0 Å². The Kier molecular flexibility index (Phi) is 8.91. The molecule has 0 bridgehead atoms. The molecule has 0 saturated heterocycles. The summed E-state index contributed by atoms with van der Waals surface area (Å²) in [4.78, 5) is 11.5. The van der Waals surface area contributed by atoms with E-state index >= 15 is 0 Å². The zero-order valence-corrected chi connectivity index (χ0v) is 11.1. The van der Waals surface area contributed by atoms with E-state index in [9.17, 15) is 4.79 Å². The molecular formula is C11H24N2OS. The third-order valence-electron chi connectivity index (χ3n) is 2.20. The molecule has 2 atom stereocenters. The minimum atomic E-state index is 0.0968. The molecule has 0 saturated carbocycles. The van der Waals surface area contributed by atoms with E-state index in [-0.39, 0.29) is 11.9 Å². The molecular weight excluding hydrogens is 208 g/mol. The van der Waals surface area contributed by atoms with Crippen LogP contribution in [0.5, 0.6) is 0 Å². The molecule has 0 aromatic rings. The Balaban J connectivity index is 3.55. The van der Waals surface area contributed by atoms with Gasteiger partial charge in [-0.15, -0.1) is 0 Å². The highest BCUT2D eigenvalue weighted by atomic mass is 32.2. The Bertz CT molecular complexity index is 176. The standard InChI is InChI=1S/C11H24N2OS/c1-5-9(3)12-7-11(14)13-10(4)8-15-6-2/h9-10,12H,5-8H2,1-4H3,(H,13,14). The summed E-state index contributed by atoms with van der Waals surface area (Å²) < 4.78 is 0. The first-order chi connectivity index (χ1) is 7.10. The highest BCUT2D eigenvalue weighted by Crippen LogP contribution is 2.00. The van der Waals surface area contributed by atoms with Crippen molar-refractivity contribution in [2.75, 3.05) is 18.1 Å². The van der Waals surface area contributed by atoms with Crippen molar-refractivity contribution in [2.45, 2.75) is 46.2 Å². The van der Waals surface area contributed by atoms with Crippen molar-refractivity contribution in [3.8, 4) is 0 Å². The van der Waals surface area contributed by atoms with E-state index in [2.05, 4.69) is 31.4 Å². The second-order valence-corrected chi connectivity index (χ2v) is 5.14. The topological polar surface area (TPSA) is 41.1 Å². The van der Waals surface area contributed by atoms with Crippen LogP contribution >= 0.6 is 11.8 Å². The number of carbonyl (C=O) groups excluding carboxylic acids is 1. The van der Waals surface area contributed by atoms with Crippen molar-refractivity contribution in [3.63, 3.8) is 0 Å². The summed E-state index contributed by atoms with van der Waals surface area (Å²) in [5.74, 6) is 2.19. The quantitative estimate of drug-likeness (QED) is 0.668. The number of hydrogen-bond donors (Lipinski definition) is 2. The highest BCUT2D eigenvalue weighted by molar-refractivity contribution is 7.99. The molecule has 0 aliphatic carbocycles. The molecule has 0 aliphatic heterocycles. The lowest BCUT2D eigenvalue weighted by atomic mass is 10.2. The van der Waals surface area contributed by atoms with Gasteiger partial charge in [0, 0.05) is 17.8 Å². The van der Waals surface area contributed by atoms with Crippen LogP contribution in [0, 0.1) is 0 Å². The van der Waals surface area contributed by atoms with Gasteiger partial charge in [-0.05, 0) is 26.0 Å². The third kappa shape index (κ3) is 8.75. The van der Waals surface area contributed by atoms with Crippen molar-refractivity contribution in [2.24, 2.45) is 0 Å². The average molecular weight is 232 g/mol. The van der Waals surface area contributed by atoms with Crippen LogP contribution in [-0.2, 0) is 4.79 Å². The fourth-order valence-electron chi connectivity index (χ4n) is 1.07. The summed E-state index contributed by atoms with van der Waals surface area (Å²) in [5.41, 5.74) is 0. The molecule has 4 heteroatoms. The van der Waals surface area contributed by atoms with Crippen molar-refractivity contribution < 1.29 is 4.79 Å². The predicted molar refractivity (Wildman–Crippen MR) is 68.4 cm³/mol. The first kappa shape index (κ1) is 14.8. The molecule has 0 rings (SSSR count). The second-order valence-electron chi connectivity index (χ2n) is 3.82. The van der Waals surface area contributed by atoms with Crippen LogP contribution in [0.2, 0.25) is 0 Å². The smallest absolute Gasteiger partial charge is 0.234 e. The number of rotatable bonds is 8. The summed E-state index contributed by atoms with van der Waals surface area (Å²) >= 11 is 1.85. The average Bonchev–Trinajstić information content (AvgIpc) is 2.22. The van der Waals surface area contributed by atoms with Crippen molar-refractivity contribution in [1.82, 2.24) is 10.6 Å². The van der Waals surface area contributed by atoms with Crippen molar-refractivity contribution >= 4 is 17.7 Å². The molecule has 90 valence electrons. The molecule has 1 amide bonds. The Morgan fingerprint density at radius 2 is 1.93 bits per heavy atom. The summed E-state index contributed by atoms with van der Waals surface area (Å²) in [5, 5.41) is 6.15. The highest BCUT2D eigenvalue weighted by Gasteiger charge is 2.07. The molecule has 0 aromatic carbocycles. The zero-order valence-electron chi connectivity index (χ0n) is 10.3. The van der Waals surface area contributed by atoms with Crippen molar-refractivity contribution in [3.05, 3.63) is 0 Å². The molecule has 2 N–H and O–H groups in total. The zero-order chi connectivity index (χ0) is 11.7. The van der Waals surface area contributed by atoms with E-state index in [1.807, 2.05) is 18.7 Å². The number of amides is 1. The maximum absolute atomic E-state index is 11.5. The molecule has 2 unspecified atom stereocenters. The fourth-order valence-corrected chi connectivity index (χ4v) is 1.75. The van der Waals surface area contributed by atoms with Gasteiger partial charge < -0.3 is 10.6 Å². The van der Waals surface area contributed by atoms with Gasteiger partial charge in [-0.3, -0.25) is 4.79 Å². The largest absolute Gasteiger partial charge is 0.352 e. The maximum Gasteiger partial charge on any atom is 0.234 e. The maximum atomic E-state index is 11.5. The number of nitrogens with one attached hydrogen (secondary N) is 2. The lowest BCUT2D eigenvalue weighted by Gasteiger charge is -2.15. The van der Waals surface area contributed by atoms with Crippen LogP contribution in [0.1, 0.15) is 34.1 Å². The first-order valence-electron chi connectivity index (χ1n) is 5.70. The second kappa shape index (κ2) is 9.04. The molecule has 0 aromatic heterocycles. The lowest BCUT2D eigenvalue weighted by Crippen LogP contribution is -2.42. The van der Waals surface area contributed by atoms with Crippen LogP contribution in [0.4, 0.5) is 0 Å². The van der Waals surface area contributed by atoms with Gasteiger partial charge in [0.25, 0.3) is 0 Å². The van der Waals surface area contributed by atoms with Gasteiger partial charge in [0.05, 0.1) is 6.54 Å². The number of hydrogen-bond acceptors (Lipinski definition) is 3. The monoisotopic (exact) mass is 232 g/mol. The molecule has 0 fully saturated rings.